The van der Waals surface area contributed by atoms with Gasteiger partial charge in [-0.1, -0.05) is 53.6 Å². The number of rotatable bonds is 15. The van der Waals surface area contributed by atoms with Crippen LogP contribution in [0.4, 0.5) is 11.4 Å². The lowest BCUT2D eigenvalue weighted by Gasteiger charge is -2.15. The van der Waals surface area contributed by atoms with Crippen LogP contribution < -0.4 is 9.80 Å². The number of allylic oxidation sites excluding steroid dienone is 1. The van der Waals surface area contributed by atoms with Gasteiger partial charge >= 0.3 is 11.9 Å². The van der Waals surface area contributed by atoms with Gasteiger partial charge in [0.25, 0.3) is 0 Å². The fourth-order valence-corrected chi connectivity index (χ4v) is 4.06. The van der Waals surface area contributed by atoms with Gasteiger partial charge in [-0.2, -0.15) is 0 Å². The van der Waals surface area contributed by atoms with Gasteiger partial charge in [0.15, 0.2) is 6.10 Å². The molecule has 0 radical (unpaired) electrons. The summed E-state index contributed by atoms with van der Waals surface area (Å²) in [6.07, 6.45) is 10.2. The van der Waals surface area contributed by atoms with Crippen molar-refractivity contribution in [1.82, 2.24) is 0 Å². The molecule has 0 spiro atoms. The maximum Gasteiger partial charge on any atom is 0.339 e. The molecule has 0 aliphatic heterocycles. The summed E-state index contributed by atoms with van der Waals surface area (Å²) in [4.78, 5) is 31.2. The van der Waals surface area contributed by atoms with Crippen LogP contribution in [0.15, 0.2) is 59.6 Å². The van der Waals surface area contributed by atoms with Crippen LogP contribution in [0.1, 0.15) is 72.1 Å². The molecule has 0 unspecified atom stereocenters. The average Bonchev–Trinajstić information content (AvgIpc) is 2.97. The molecule has 0 aromatic heterocycles. The molecule has 6 nitrogen and oxygen atoms in total. The number of esters is 2. The fraction of sp³-hybridized carbons (Fsp3) is 0.412. The lowest BCUT2D eigenvalue weighted by molar-refractivity contribution is 0.0134. The van der Waals surface area contributed by atoms with E-state index < -0.39 is 18.0 Å². The van der Waals surface area contributed by atoms with Gasteiger partial charge in [-0.25, -0.2) is 9.59 Å². The smallest absolute Gasteiger partial charge is 0.339 e. The Morgan fingerprint density at radius 3 is 1.88 bits per heavy atom. The average molecular weight is 622 g/mol. The van der Waals surface area contributed by atoms with Crippen molar-refractivity contribution in [1.29, 1.82) is 0 Å². The number of ether oxygens (including phenoxy) is 2. The Morgan fingerprint density at radius 1 is 0.780 bits per heavy atom. The number of hydrogen-bond acceptors (Lipinski definition) is 6. The SMILES string of the molecule is CN(C)c1ccc(C(=O)OC[C@@H](C#CC#CCCCCCCCC/C=C/Br)OC(=O)c2ccc(N(C)C)cc2)cc1. The van der Waals surface area contributed by atoms with E-state index in [1.165, 1.54) is 25.7 Å². The second kappa shape index (κ2) is 19.4. The summed E-state index contributed by atoms with van der Waals surface area (Å²) in [5.41, 5.74) is 2.73. The summed E-state index contributed by atoms with van der Waals surface area (Å²) in [6, 6.07) is 14.1. The predicted octanol–water partition coefficient (Wildman–Crippen LogP) is 7.24. The molecule has 0 saturated heterocycles. The van der Waals surface area contributed by atoms with Crippen LogP contribution >= 0.6 is 15.9 Å². The van der Waals surface area contributed by atoms with Crippen LogP contribution in [0, 0.1) is 23.7 Å². The third kappa shape index (κ3) is 13.5. The maximum absolute atomic E-state index is 12.8. The lowest BCUT2D eigenvalue weighted by Crippen LogP contribution is -2.24. The van der Waals surface area contributed by atoms with Crippen LogP contribution in [-0.2, 0) is 9.47 Å². The zero-order valence-electron chi connectivity index (χ0n) is 24.6. The summed E-state index contributed by atoms with van der Waals surface area (Å²) in [6.45, 7) is -0.199. The molecule has 0 amide bonds. The van der Waals surface area contributed by atoms with Gasteiger partial charge in [-0.15, -0.1) is 0 Å². The van der Waals surface area contributed by atoms with Crippen LogP contribution in [0.5, 0.6) is 0 Å². The number of nitrogens with zero attached hydrogens (tertiary/aromatic N) is 2. The third-order valence-corrected chi connectivity index (χ3v) is 6.62. The molecule has 218 valence electrons. The van der Waals surface area contributed by atoms with Gasteiger partial charge in [-0.05, 0) is 90.5 Å². The van der Waals surface area contributed by atoms with E-state index in [1.54, 1.807) is 24.3 Å². The van der Waals surface area contributed by atoms with E-state index in [4.69, 9.17) is 9.47 Å². The predicted molar refractivity (Wildman–Crippen MR) is 172 cm³/mol. The van der Waals surface area contributed by atoms with E-state index >= 15 is 0 Å². The molecule has 0 bridgehead atoms. The van der Waals surface area contributed by atoms with E-state index in [0.717, 1.165) is 37.1 Å². The van der Waals surface area contributed by atoms with Crippen molar-refractivity contribution in [3.8, 4) is 23.7 Å². The van der Waals surface area contributed by atoms with Crippen molar-refractivity contribution < 1.29 is 19.1 Å². The van der Waals surface area contributed by atoms with E-state index in [1.807, 2.05) is 67.2 Å². The minimum Gasteiger partial charge on any atom is -0.457 e. The van der Waals surface area contributed by atoms with E-state index in [2.05, 4.69) is 45.7 Å². The molecule has 0 aliphatic rings. The first-order chi connectivity index (χ1) is 19.8. The van der Waals surface area contributed by atoms with Crippen LogP contribution in [0.2, 0.25) is 0 Å². The molecule has 0 N–H and O–H groups in total. The first-order valence-corrected chi connectivity index (χ1v) is 14.9. The highest BCUT2D eigenvalue weighted by molar-refractivity contribution is 9.11. The number of anilines is 2. The number of benzene rings is 2. The van der Waals surface area contributed by atoms with Crippen LogP contribution in [-0.4, -0.2) is 52.8 Å². The monoisotopic (exact) mass is 620 g/mol. The van der Waals surface area contributed by atoms with E-state index in [0.29, 0.717) is 11.1 Å². The number of carbonyl (C=O) groups is 2. The van der Waals surface area contributed by atoms with Gasteiger partial charge in [-0.3, -0.25) is 0 Å². The van der Waals surface area contributed by atoms with Gasteiger partial charge < -0.3 is 19.3 Å². The summed E-state index contributed by atoms with van der Waals surface area (Å²) >= 11 is 3.29. The summed E-state index contributed by atoms with van der Waals surface area (Å²) in [7, 11) is 7.70. The zero-order chi connectivity index (χ0) is 29.9. The Labute approximate surface area is 254 Å². The van der Waals surface area contributed by atoms with Crippen molar-refractivity contribution in [3.05, 3.63) is 70.7 Å². The highest BCUT2D eigenvalue weighted by atomic mass is 79.9. The Kier molecular flexibility index (Phi) is 15.9. The van der Waals surface area contributed by atoms with E-state index in [9.17, 15) is 9.59 Å². The third-order valence-electron chi connectivity index (χ3n) is 6.25. The summed E-state index contributed by atoms with van der Waals surface area (Å²) in [5.74, 6) is 10.5. The molecule has 41 heavy (non-hydrogen) atoms. The van der Waals surface area contributed by atoms with Crippen molar-refractivity contribution >= 4 is 39.2 Å². The van der Waals surface area contributed by atoms with Crippen molar-refractivity contribution in [2.45, 2.75) is 57.5 Å². The highest BCUT2D eigenvalue weighted by Crippen LogP contribution is 2.15. The van der Waals surface area contributed by atoms with Gasteiger partial charge in [0.2, 0.25) is 0 Å². The van der Waals surface area contributed by atoms with Crippen LogP contribution in [0.3, 0.4) is 0 Å². The molecule has 2 aromatic rings. The second-order valence-corrected chi connectivity index (χ2v) is 10.5. The minimum atomic E-state index is -0.949. The molecule has 0 fully saturated rings. The largest absolute Gasteiger partial charge is 0.457 e. The van der Waals surface area contributed by atoms with Gasteiger partial charge in [0.05, 0.1) is 11.1 Å². The number of unbranched alkanes of at least 4 members (excludes halogenated alkanes) is 7. The van der Waals surface area contributed by atoms with Gasteiger partial charge in [0.1, 0.15) is 6.61 Å². The second-order valence-electron chi connectivity index (χ2n) is 9.97. The molecule has 0 aliphatic carbocycles. The Morgan fingerprint density at radius 2 is 1.32 bits per heavy atom. The molecule has 7 heteroatoms. The topological polar surface area (TPSA) is 59.1 Å². The van der Waals surface area contributed by atoms with E-state index in [-0.39, 0.29) is 6.61 Å². The number of carbonyl (C=O) groups excluding carboxylic acids is 2. The molecule has 1 atom stereocenters. The summed E-state index contributed by atoms with van der Waals surface area (Å²) in [5, 5.41) is 0. The molecule has 2 rings (SSSR count). The standard InChI is InChI=1S/C34H41BrN2O4/c1-36(2)30-22-18-28(19-23-30)33(38)40-27-32(41-34(39)29-20-24-31(25-21-29)37(3)4)17-15-13-11-9-7-5-6-8-10-12-14-16-26-35/h16,18-26,32H,5-10,12,14,27H2,1-4H3/b26-16+/t32-/m1/s1. The first-order valence-electron chi connectivity index (χ1n) is 14.0. The molecule has 0 heterocycles. The quantitative estimate of drug-likeness (QED) is 0.119. The lowest BCUT2D eigenvalue weighted by atomic mass is 10.1. The Hall–Kier alpha value is -3.68. The normalized spacial score (nSPS) is 11.0. The summed E-state index contributed by atoms with van der Waals surface area (Å²) < 4.78 is 11.0. The zero-order valence-corrected chi connectivity index (χ0v) is 26.2. The Bertz CT molecular complexity index is 1230. The van der Waals surface area contributed by atoms with Crippen LogP contribution in [0.25, 0.3) is 0 Å². The molecule has 0 saturated carbocycles. The maximum atomic E-state index is 12.8. The van der Waals surface area contributed by atoms with Crippen molar-refractivity contribution in [2.24, 2.45) is 0 Å². The minimum absolute atomic E-state index is 0.199. The van der Waals surface area contributed by atoms with Gasteiger partial charge in [0, 0.05) is 46.0 Å². The number of hydrogen-bond donors (Lipinski definition) is 0. The highest BCUT2D eigenvalue weighted by Gasteiger charge is 2.17. The molecular weight excluding hydrogens is 580 g/mol. The van der Waals surface area contributed by atoms with Crippen molar-refractivity contribution in [2.75, 3.05) is 44.6 Å². The molecular formula is C34H41BrN2O4. The molecule has 2 aromatic carbocycles. The first kappa shape index (κ1) is 33.5. The van der Waals surface area contributed by atoms with Crippen molar-refractivity contribution in [3.63, 3.8) is 0 Å². The Balaban J connectivity index is 1.94. The number of halogens is 1. The fourth-order valence-electron chi connectivity index (χ4n) is 3.80.